The molecule has 0 saturated heterocycles. The fraction of sp³-hybridized carbons (Fsp3) is 0.833. The van der Waals surface area contributed by atoms with Gasteiger partial charge in [-0.25, -0.2) is 0 Å². The summed E-state index contributed by atoms with van der Waals surface area (Å²) in [4.78, 5) is 19.3. The zero-order valence-electron chi connectivity index (χ0n) is 7.65. The Morgan fingerprint density at radius 3 is 2.07 bits per heavy atom. The number of hydrogen-bond acceptors (Lipinski definition) is 7. The highest BCUT2D eigenvalue weighted by Crippen LogP contribution is 2.19. The first-order valence-corrected chi connectivity index (χ1v) is 5.36. The van der Waals surface area contributed by atoms with Crippen LogP contribution in [0.4, 0.5) is 0 Å². The molecular formula is C6H14NO7P. The highest BCUT2D eigenvalue weighted by atomic mass is 31.1. The van der Waals surface area contributed by atoms with Gasteiger partial charge in [-0.05, 0) is 0 Å². The van der Waals surface area contributed by atoms with Crippen molar-refractivity contribution in [3.63, 3.8) is 0 Å². The van der Waals surface area contributed by atoms with Crippen molar-refractivity contribution < 1.29 is 34.7 Å². The second kappa shape index (κ2) is 6.29. The molecule has 0 bridgehead atoms. The van der Waals surface area contributed by atoms with Gasteiger partial charge in [0.2, 0.25) is 5.52 Å². The molecule has 0 aromatic rings. The van der Waals surface area contributed by atoms with Crippen molar-refractivity contribution in [2.24, 2.45) is 5.73 Å². The molecule has 7 N–H and O–H groups in total. The highest BCUT2D eigenvalue weighted by molar-refractivity contribution is 7.58. The molecule has 8 nitrogen and oxygen atoms in total. The van der Waals surface area contributed by atoms with Gasteiger partial charge in [-0.1, -0.05) is 0 Å². The molecule has 0 rings (SSSR count). The fourth-order valence-electron chi connectivity index (χ4n) is 0.846. The Morgan fingerprint density at radius 1 is 1.27 bits per heavy atom. The standard InChI is InChI=1S/C6H14NO7P/c7-3(6(12)15(13)14)5(11)4(10)2(9)1-8/h2-5,8-11,15H,1,7H2,(H,13,14)/t2-,3-,4-,5-/m1/s1. The lowest BCUT2D eigenvalue weighted by molar-refractivity contribution is -0.122. The van der Waals surface area contributed by atoms with Crippen LogP contribution in [0.1, 0.15) is 0 Å². The Balaban J connectivity index is 4.50. The van der Waals surface area contributed by atoms with Crippen LogP contribution in [0.5, 0.6) is 0 Å². The third-order valence-corrected chi connectivity index (χ3v) is 2.57. The van der Waals surface area contributed by atoms with E-state index in [2.05, 4.69) is 0 Å². The van der Waals surface area contributed by atoms with Gasteiger partial charge >= 0.3 is 0 Å². The monoisotopic (exact) mass is 243 g/mol. The van der Waals surface area contributed by atoms with Crippen molar-refractivity contribution in [2.75, 3.05) is 6.61 Å². The lowest BCUT2D eigenvalue weighted by atomic mass is 10.0. The highest BCUT2D eigenvalue weighted by Gasteiger charge is 2.34. The first kappa shape index (κ1) is 14.7. The number of carbonyl (C=O) groups excluding carboxylic acids is 1. The lowest BCUT2D eigenvalue weighted by Gasteiger charge is -2.24. The summed E-state index contributed by atoms with van der Waals surface area (Å²) in [6, 6.07) is -1.78. The number of nitrogens with two attached hydrogens (primary N) is 1. The molecule has 5 atom stereocenters. The largest absolute Gasteiger partial charge is 0.394 e. The summed E-state index contributed by atoms with van der Waals surface area (Å²) < 4.78 is 10.4. The van der Waals surface area contributed by atoms with Crippen molar-refractivity contribution in [1.82, 2.24) is 0 Å². The second-order valence-corrected chi connectivity index (χ2v) is 4.03. The van der Waals surface area contributed by atoms with Gasteiger partial charge in [0.25, 0.3) is 8.03 Å². The quantitative estimate of drug-likeness (QED) is 0.260. The predicted molar refractivity (Wildman–Crippen MR) is 49.3 cm³/mol. The summed E-state index contributed by atoms with van der Waals surface area (Å²) in [5.74, 6) is 0. The van der Waals surface area contributed by atoms with E-state index in [0.29, 0.717) is 0 Å². The minimum Gasteiger partial charge on any atom is -0.394 e. The van der Waals surface area contributed by atoms with Gasteiger partial charge < -0.3 is 31.1 Å². The molecule has 0 heterocycles. The Bertz CT molecular complexity index is 248. The number of hydrogen-bond donors (Lipinski definition) is 6. The van der Waals surface area contributed by atoms with Crippen molar-refractivity contribution >= 4 is 13.6 Å². The first-order chi connectivity index (χ1) is 6.82. The molecule has 0 radical (unpaired) electrons. The Labute approximate surface area is 85.8 Å². The van der Waals surface area contributed by atoms with Crippen LogP contribution in [-0.4, -0.2) is 61.8 Å². The van der Waals surface area contributed by atoms with Gasteiger partial charge in [0.15, 0.2) is 0 Å². The maximum absolute atomic E-state index is 10.8. The van der Waals surface area contributed by atoms with Gasteiger partial charge in [0, 0.05) is 0 Å². The van der Waals surface area contributed by atoms with Crippen LogP contribution in [0, 0.1) is 0 Å². The first-order valence-electron chi connectivity index (χ1n) is 4.00. The number of rotatable bonds is 6. The predicted octanol–water partition coefficient (Wildman–Crippen LogP) is -3.62. The van der Waals surface area contributed by atoms with Gasteiger partial charge in [-0.2, -0.15) is 0 Å². The van der Waals surface area contributed by atoms with Gasteiger partial charge in [-0.15, -0.1) is 0 Å². The molecule has 0 amide bonds. The summed E-state index contributed by atoms with van der Waals surface area (Å²) in [6.07, 6.45) is -5.46. The minimum atomic E-state index is -3.55. The Morgan fingerprint density at radius 2 is 1.73 bits per heavy atom. The maximum atomic E-state index is 10.8. The van der Waals surface area contributed by atoms with Gasteiger partial charge in [-0.3, -0.25) is 9.36 Å². The Hall–Kier alpha value is -0.340. The Kier molecular flexibility index (Phi) is 6.15. The summed E-state index contributed by atoms with van der Waals surface area (Å²) in [6.45, 7) is -0.840. The maximum Gasteiger partial charge on any atom is 0.254 e. The van der Waals surface area contributed by atoms with Crippen LogP contribution in [0.25, 0.3) is 0 Å². The molecule has 90 valence electrons. The molecule has 1 unspecified atom stereocenters. The smallest absolute Gasteiger partial charge is 0.254 e. The van der Waals surface area contributed by atoms with Gasteiger partial charge in [0.05, 0.1) is 6.61 Å². The molecule has 9 heteroatoms. The van der Waals surface area contributed by atoms with E-state index in [1.807, 2.05) is 0 Å². The molecule has 0 aliphatic carbocycles. The van der Waals surface area contributed by atoms with Crippen LogP contribution in [0.3, 0.4) is 0 Å². The van der Waals surface area contributed by atoms with E-state index < -0.39 is 44.5 Å². The van der Waals surface area contributed by atoms with Crippen LogP contribution < -0.4 is 5.73 Å². The molecule has 0 aliphatic rings. The summed E-state index contributed by atoms with van der Waals surface area (Å²) in [5.41, 5.74) is 3.76. The molecule has 0 aliphatic heterocycles. The summed E-state index contributed by atoms with van der Waals surface area (Å²) in [7, 11) is -3.55. The molecular weight excluding hydrogens is 229 g/mol. The van der Waals surface area contributed by atoms with Crippen molar-refractivity contribution in [1.29, 1.82) is 0 Å². The number of carbonyl (C=O) groups is 1. The average Bonchev–Trinajstić information content (AvgIpc) is 2.23. The van der Waals surface area contributed by atoms with E-state index in [4.69, 9.17) is 25.9 Å². The van der Waals surface area contributed by atoms with Crippen molar-refractivity contribution in [3.8, 4) is 0 Å². The van der Waals surface area contributed by atoms with E-state index in [1.165, 1.54) is 0 Å². The van der Waals surface area contributed by atoms with E-state index >= 15 is 0 Å². The lowest BCUT2D eigenvalue weighted by Crippen LogP contribution is -2.52. The fourth-order valence-corrected chi connectivity index (χ4v) is 1.30. The van der Waals surface area contributed by atoms with E-state index in [0.717, 1.165) is 0 Å². The number of aliphatic hydroxyl groups excluding tert-OH is 4. The molecule has 0 saturated carbocycles. The van der Waals surface area contributed by atoms with E-state index in [9.17, 15) is 14.5 Å². The zero-order valence-corrected chi connectivity index (χ0v) is 8.65. The average molecular weight is 243 g/mol. The molecule has 0 spiro atoms. The third-order valence-electron chi connectivity index (χ3n) is 1.81. The topological polar surface area (TPSA) is 161 Å². The van der Waals surface area contributed by atoms with Gasteiger partial charge in [0.1, 0.15) is 24.4 Å². The van der Waals surface area contributed by atoms with Crippen molar-refractivity contribution in [2.45, 2.75) is 24.4 Å². The van der Waals surface area contributed by atoms with Crippen LogP contribution in [0.15, 0.2) is 0 Å². The van der Waals surface area contributed by atoms with E-state index in [-0.39, 0.29) is 0 Å². The SMILES string of the molecule is N[C@@H](C(=O)[PH](=O)O)[C@@H](O)[C@H](O)[C@H](O)CO. The third kappa shape index (κ3) is 3.96. The van der Waals surface area contributed by atoms with Crippen LogP contribution in [0.2, 0.25) is 0 Å². The van der Waals surface area contributed by atoms with Crippen LogP contribution in [-0.2, 0) is 9.36 Å². The normalized spacial score (nSPS) is 21.5. The summed E-state index contributed by atoms with van der Waals surface area (Å²) >= 11 is 0. The molecule has 0 aromatic carbocycles. The molecule has 0 aromatic heterocycles. The molecule has 0 fully saturated rings. The summed E-state index contributed by atoms with van der Waals surface area (Å²) in [5, 5.41) is 35.7. The van der Waals surface area contributed by atoms with Crippen molar-refractivity contribution in [3.05, 3.63) is 0 Å². The van der Waals surface area contributed by atoms with Crippen LogP contribution >= 0.6 is 8.03 Å². The minimum absolute atomic E-state index is 0.840. The van der Waals surface area contributed by atoms with E-state index in [1.54, 1.807) is 0 Å². The second-order valence-electron chi connectivity index (χ2n) is 2.93. The zero-order chi connectivity index (χ0) is 12.2. The number of aliphatic hydroxyl groups is 4. The molecule has 15 heavy (non-hydrogen) atoms.